The molecule has 0 atom stereocenters. The number of carbonyl (C=O) groups is 1. The minimum absolute atomic E-state index is 0.311. The Bertz CT molecular complexity index is 1260. The first-order valence-electron chi connectivity index (χ1n) is 11.6. The SMILES string of the molecule is CCCCc1nnc(SCc2cccc(C)c2)n1Cc1ccc(-c2ccccc2C(=O)O)cc1. The Hall–Kier alpha value is -3.38. The van der Waals surface area contributed by atoms with Crippen molar-refractivity contribution in [1.29, 1.82) is 0 Å². The van der Waals surface area contributed by atoms with E-state index < -0.39 is 5.97 Å². The van der Waals surface area contributed by atoms with E-state index in [-0.39, 0.29) is 0 Å². The summed E-state index contributed by atoms with van der Waals surface area (Å²) in [6.07, 6.45) is 3.08. The van der Waals surface area contributed by atoms with Gasteiger partial charge in [-0.05, 0) is 41.7 Å². The van der Waals surface area contributed by atoms with Crippen LogP contribution in [0.3, 0.4) is 0 Å². The molecule has 4 aromatic rings. The van der Waals surface area contributed by atoms with Gasteiger partial charge in [0.1, 0.15) is 5.82 Å². The van der Waals surface area contributed by atoms with E-state index in [0.717, 1.165) is 52.7 Å². The Morgan fingerprint density at radius 2 is 1.76 bits per heavy atom. The molecule has 6 heteroatoms. The summed E-state index contributed by atoms with van der Waals surface area (Å²) < 4.78 is 2.22. The van der Waals surface area contributed by atoms with E-state index in [9.17, 15) is 9.90 Å². The summed E-state index contributed by atoms with van der Waals surface area (Å²) in [5.41, 5.74) is 5.59. The van der Waals surface area contributed by atoms with E-state index in [1.165, 1.54) is 11.1 Å². The Labute approximate surface area is 204 Å². The predicted molar refractivity (Wildman–Crippen MR) is 137 cm³/mol. The molecule has 1 heterocycles. The van der Waals surface area contributed by atoms with E-state index in [0.29, 0.717) is 12.1 Å². The maximum absolute atomic E-state index is 11.6. The topological polar surface area (TPSA) is 68.0 Å². The normalized spacial score (nSPS) is 11.0. The highest BCUT2D eigenvalue weighted by Gasteiger charge is 2.14. The van der Waals surface area contributed by atoms with Crippen molar-refractivity contribution in [3.05, 3.63) is 101 Å². The van der Waals surface area contributed by atoms with E-state index in [2.05, 4.69) is 65.0 Å². The number of benzene rings is 3. The molecule has 3 aromatic carbocycles. The van der Waals surface area contributed by atoms with Gasteiger partial charge in [-0.25, -0.2) is 4.79 Å². The third-order valence-electron chi connectivity index (χ3n) is 5.76. The Morgan fingerprint density at radius 1 is 0.971 bits per heavy atom. The summed E-state index contributed by atoms with van der Waals surface area (Å²) in [5, 5.41) is 19.4. The van der Waals surface area contributed by atoms with Gasteiger partial charge in [-0.3, -0.25) is 0 Å². The molecule has 0 aliphatic heterocycles. The average molecular weight is 472 g/mol. The zero-order valence-corrected chi connectivity index (χ0v) is 20.4. The molecule has 0 aliphatic rings. The fraction of sp³-hybridized carbons (Fsp3) is 0.250. The molecule has 4 rings (SSSR count). The van der Waals surface area contributed by atoms with Crippen molar-refractivity contribution in [3.63, 3.8) is 0 Å². The van der Waals surface area contributed by atoms with Crippen molar-refractivity contribution in [2.24, 2.45) is 0 Å². The molecular weight excluding hydrogens is 442 g/mol. The highest BCUT2D eigenvalue weighted by Crippen LogP contribution is 2.27. The lowest BCUT2D eigenvalue weighted by Gasteiger charge is -2.12. The number of nitrogens with zero attached hydrogens (tertiary/aromatic N) is 3. The largest absolute Gasteiger partial charge is 0.478 e. The molecule has 174 valence electrons. The first kappa shape index (κ1) is 23.8. The van der Waals surface area contributed by atoms with Crippen LogP contribution in [0.15, 0.2) is 78.0 Å². The molecule has 0 spiro atoms. The van der Waals surface area contributed by atoms with Crippen LogP contribution in [-0.4, -0.2) is 25.8 Å². The van der Waals surface area contributed by atoms with Crippen molar-refractivity contribution in [2.75, 3.05) is 0 Å². The van der Waals surface area contributed by atoms with Gasteiger partial charge in [0.05, 0.1) is 12.1 Å². The summed E-state index contributed by atoms with van der Waals surface area (Å²) in [7, 11) is 0. The quantitative estimate of drug-likeness (QED) is 0.263. The van der Waals surface area contributed by atoms with E-state index in [1.54, 1.807) is 23.9 Å². The van der Waals surface area contributed by atoms with Crippen LogP contribution in [0.2, 0.25) is 0 Å². The van der Waals surface area contributed by atoms with Crippen molar-refractivity contribution in [1.82, 2.24) is 14.8 Å². The van der Waals surface area contributed by atoms with Crippen LogP contribution >= 0.6 is 11.8 Å². The first-order chi connectivity index (χ1) is 16.5. The molecule has 0 saturated heterocycles. The molecule has 34 heavy (non-hydrogen) atoms. The molecule has 0 saturated carbocycles. The Kier molecular flexibility index (Phi) is 7.80. The number of unbranched alkanes of at least 4 members (excludes halogenated alkanes) is 1. The number of carboxylic acids is 1. The van der Waals surface area contributed by atoms with Gasteiger partial charge in [0.2, 0.25) is 0 Å². The monoisotopic (exact) mass is 471 g/mol. The van der Waals surface area contributed by atoms with Gasteiger partial charge >= 0.3 is 5.97 Å². The van der Waals surface area contributed by atoms with Gasteiger partial charge in [0.15, 0.2) is 5.16 Å². The van der Waals surface area contributed by atoms with Crippen molar-refractivity contribution in [3.8, 4) is 11.1 Å². The first-order valence-corrected chi connectivity index (χ1v) is 12.6. The number of hydrogen-bond acceptors (Lipinski definition) is 4. The maximum Gasteiger partial charge on any atom is 0.336 e. The zero-order chi connectivity index (χ0) is 23.9. The second kappa shape index (κ2) is 11.2. The number of aromatic nitrogens is 3. The van der Waals surface area contributed by atoms with Crippen LogP contribution in [-0.2, 0) is 18.7 Å². The fourth-order valence-electron chi connectivity index (χ4n) is 3.95. The van der Waals surface area contributed by atoms with Gasteiger partial charge in [-0.1, -0.05) is 97.4 Å². The lowest BCUT2D eigenvalue weighted by atomic mass is 9.99. The van der Waals surface area contributed by atoms with Crippen LogP contribution in [0, 0.1) is 6.92 Å². The average Bonchev–Trinajstić information content (AvgIpc) is 3.23. The van der Waals surface area contributed by atoms with Crippen LogP contribution in [0.4, 0.5) is 0 Å². The minimum Gasteiger partial charge on any atom is -0.478 e. The number of aryl methyl sites for hydroxylation is 2. The number of thioether (sulfide) groups is 1. The van der Waals surface area contributed by atoms with Gasteiger partial charge in [0.25, 0.3) is 0 Å². The molecule has 0 unspecified atom stereocenters. The second-order valence-corrected chi connectivity index (χ2v) is 9.36. The third-order valence-corrected chi connectivity index (χ3v) is 6.80. The summed E-state index contributed by atoms with van der Waals surface area (Å²) in [5.74, 6) is 0.937. The van der Waals surface area contributed by atoms with Gasteiger partial charge < -0.3 is 9.67 Å². The van der Waals surface area contributed by atoms with Crippen LogP contribution in [0.1, 0.15) is 52.6 Å². The summed E-state index contributed by atoms with van der Waals surface area (Å²) >= 11 is 1.71. The number of hydrogen-bond donors (Lipinski definition) is 1. The maximum atomic E-state index is 11.6. The number of rotatable bonds is 10. The van der Waals surface area contributed by atoms with Crippen molar-refractivity contribution < 1.29 is 9.90 Å². The fourth-order valence-corrected chi connectivity index (χ4v) is 4.85. The molecule has 1 N–H and O–H groups in total. The number of carboxylic acid groups (broad SMARTS) is 1. The zero-order valence-electron chi connectivity index (χ0n) is 19.6. The molecule has 0 amide bonds. The van der Waals surface area contributed by atoms with E-state index in [1.807, 2.05) is 24.3 Å². The standard InChI is InChI=1S/C28H29N3O2S/c1-3-4-12-26-29-30-28(34-19-22-9-7-8-20(2)17-22)31(26)18-21-13-15-23(16-14-21)24-10-5-6-11-25(24)27(32)33/h5-11,13-17H,3-4,12,18-19H2,1-2H3,(H,32,33). The van der Waals surface area contributed by atoms with E-state index >= 15 is 0 Å². The van der Waals surface area contributed by atoms with Crippen molar-refractivity contribution >= 4 is 17.7 Å². The Balaban J connectivity index is 1.56. The van der Waals surface area contributed by atoms with Gasteiger partial charge in [-0.15, -0.1) is 10.2 Å². The van der Waals surface area contributed by atoms with Crippen LogP contribution < -0.4 is 0 Å². The third kappa shape index (κ3) is 5.75. The molecule has 0 fully saturated rings. The molecule has 0 aliphatic carbocycles. The minimum atomic E-state index is -0.917. The smallest absolute Gasteiger partial charge is 0.336 e. The summed E-state index contributed by atoms with van der Waals surface area (Å²) in [6, 6.07) is 23.8. The summed E-state index contributed by atoms with van der Waals surface area (Å²) in [4.78, 5) is 11.6. The lowest BCUT2D eigenvalue weighted by Crippen LogP contribution is -2.07. The molecule has 0 radical (unpaired) electrons. The molecule has 5 nitrogen and oxygen atoms in total. The lowest BCUT2D eigenvalue weighted by molar-refractivity contribution is 0.0697. The number of aromatic carboxylic acids is 1. The van der Waals surface area contributed by atoms with Crippen LogP contribution in [0.25, 0.3) is 11.1 Å². The second-order valence-electron chi connectivity index (χ2n) is 8.41. The predicted octanol–water partition coefficient (Wildman–Crippen LogP) is 6.63. The van der Waals surface area contributed by atoms with E-state index in [4.69, 9.17) is 0 Å². The highest BCUT2D eigenvalue weighted by atomic mass is 32.2. The summed E-state index contributed by atoms with van der Waals surface area (Å²) in [6.45, 7) is 4.98. The molecule has 0 bridgehead atoms. The van der Waals surface area contributed by atoms with Gasteiger partial charge in [-0.2, -0.15) is 0 Å². The molecule has 1 aromatic heterocycles. The van der Waals surface area contributed by atoms with Gasteiger partial charge in [0, 0.05) is 12.2 Å². The Morgan fingerprint density at radius 3 is 2.50 bits per heavy atom. The van der Waals surface area contributed by atoms with Crippen molar-refractivity contribution in [2.45, 2.75) is 50.6 Å². The molecular formula is C28H29N3O2S. The van der Waals surface area contributed by atoms with Crippen LogP contribution in [0.5, 0.6) is 0 Å². The highest BCUT2D eigenvalue weighted by molar-refractivity contribution is 7.98.